The second-order valence-electron chi connectivity index (χ2n) is 9.09. The average Bonchev–Trinajstić information content (AvgIpc) is 2.88. The number of fused-ring (bicyclic) bond motifs is 5. The van der Waals surface area contributed by atoms with E-state index in [-0.39, 0.29) is 10.8 Å². The predicted octanol–water partition coefficient (Wildman–Crippen LogP) is 4.27. The average molecular weight is 326 g/mol. The van der Waals surface area contributed by atoms with Gasteiger partial charge in [0.05, 0.1) is 0 Å². The summed E-state index contributed by atoms with van der Waals surface area (Å²) in [7, 11) is 0. The van der Waals surface area contributed by atoms with Crippen LogP contribution in [0.4, 0.5) is 0 Å². The number of rotatable bonds is 1. The summed E-state index contributed by atoms with van der Waals surface area (Å²) in [6, 6.07) is 0. The monoisotopic (exact) mass is 326 g/mol. The van der Waals surface area contributed by atoms with Crippen molar-refractivity contribution in [3.05, 3.63) is 11.6 Å². The molecule has 3 saturated carbocycles. The lowest BCUT2D eigenvalue weighted by atomic mass is 9.44. The fourth-order valence-corrected chi connectivity index (χ4v) is 7.40. The number of allylic oxidation sites excluding steroid dienone is 1. The molecular formula is C22H30O2. The van der Waals surface area contributed by atoms with Gasteiger partial charge in [-0.1, -0.05) is 25.3 Å². The lowest BCUT2D eigenvalue weighted by Crippen LogP contribution is -2.57. The van der Waals surface area contributed by atoms with E-state index in [0.717, 1.165) is 44.9 Å². The lowest BCUT2D eigenvalue weighted by molar-refractivity contribution is -0.133. The van der Waals surface area contributed by atoms with E-state index in [1.807, 2.05) is 6.08 Å². The zero-order chi connectivity index (χ0) is 17.2. The zero-order valence-electron chi connectivity index (χ0n) is 15.1. The minimum Gasteiger partial charge on any atom is -0.377 e. The fourth-order valence-electron chi connectivity index (χ4n) is 7.40. The summed E-state index contributed by atoms with van der Waals surface area (Å²) in [5.41, 5.74) is 0.706. The van der Waals surface area contributed by atoms with Crippen LogP contribution in [0.3, 0.4) is 0 Å². The van der Waals surface area contributed by atoms with Gasteiger partial charge in [0.25, 0.3) is 0 Å². The smallest absolute Gasteiger partial charge is 0.155 e. The molecule has 6 atom stereocenters. The van der Waals surface area contributed by atoms with Gasteiger partial charge in [-0.2, -0.15) is 0 Å². The van der Waals surface area contributed by atoms with E-state index in [1.54, 1.807) is 0 Å². The molecule has 0 aliphatic heterocycles. The van der Waals surface area contributed by atoms with Crippen molar-refractivity contribution in [2.45, 2.75) is 77.2 Å². The first-order valence-electron chi connectivity index (χ1n) is 9.83. The maximum atomic E-state index is 11.9. The molecule has 0 spiro atoms. The van der Waals surface area contributed by atoms with E-state index in [0.29, 0.717) is 30.0 Å². The number of carbonyl (C=O) groups is 1. The number of terminal acetylenes is 1. The van der Waals surface area contributed by atoms with Gasteiger partial charge in [0.15, 0.2) is 5.78 Å². The Kier molecular flexibility index (Phi) is 3.56. The van der Waals surface area contributed by atoms with Gasteiger partial charge in [0.1, 0.15) is 5.60 Å². The molecule has 130 valence electrons. The number of carbonyl (C=O) groups excluding carboxylic acids is 1. The molecule has 0 amide bonds. The number of ketones is 1. The highest BCUT2D eigenvalue weighted by Crippen LogP contribution is 2.69. The Bertz CT molecular complexity index is 641. The normalized spacial score (nSPS) is 50.3. The SMILES string of the molecule is C#C[C@]1(O)CC[C@H]2[C@@H]3CCC4=CC(=O)CC[C@@H]4[C@@]3(C)CCC21CC. The van der Waals surface area contributed by atoms with E-state index in [4.69, 9.17) is 6.42 Å². The highest BCUT2D eigenvalue weighted by molar-refractivity contribution is 5.91. The van der Waals surface area contributed by atoms with Gasteiger partial charge in [-0.05, 0) is 80.6 Å². The van der Waals surface area contributed by atoms with Crippen molar-refractivity contribution >= 4 is 5.78 Å². The number of hydrogen-bond donors (Lipinski definition) is 1. The molecule has 4 rings (SSSR count). The predicted molar refractivity (Wildman–Crippen MR) is 95.1 cm³/mol. The largest absolute Gasteiger partial charge is 0.377 e. The first-order valence-corrected chi connectivity index (χ1v) is 9.83. The highest BCUT2D eigenvalue weighted by atomic mass is 16.3. The second-order valence-corrected chi connectivity index (χ2v) is 9.09. The van der Waals surface area contributed by atoms with Gasteiger partial charge in [-0.25, -0.2) is 0 Å². The van der Waals surface area contributed by atoms with Crippen LogP contribution in [0.15, 0.2) is 11.6 Å². The van der Waals surface area contributed by atoms with E-state index < -0.39 is 5.60 Å². The molecule has 4 aliphatic rings. The summed E-state index contributed by atoms with van der Waals surface area (Å²) in [4.78, 5) is 11.9. The number of hydrogen-bond acceptors (Lipinski definition) is 2. The molecule has 4 aliphatic carbocycles. The fraction of sp³-hybridized carbons (Fsp3) is 0.773. The third-order valence-electron chi connectivity index (χ3n) is 8.68. The van der Waals surface area contributed by atoms with Crippen LogP contribution in [-0.2, 0) is 4.79 Å². The second kappa shape index (κ2) is 5.21. The minimum atomic E-state index is -0.910. The van der Waals surface area contributed by atoms with Gasteiger partial charge in [0.2, 0.25) is 0 Å². The van der Waals surface area contributed by atoms with Crippen LogP contribution in [0.5, 0.6) is 0 Å². The molecule has 0 aromatic carbocycles. The molecule has 2 heteroatoms. The van der Waals surface area contributed by atoms with E-state index in [1.165, 1.54) is 12.0 Å². The maximum Gasteiger partial charge on any atom is 0.155 e. The van der Waals surface area contributed by atoms with Gasteiger partial charge in [-0.3, -0.25) is 4.79 Å². The summed E-state index contributed by atoms with van der Waals surface area (Å²) in [6.07, 6.45) is 16.8. The van der Waals surface area contributed by atoms with Crippen LogP contribution in [-0.4, -0.2) is 16.5 Å². The van der Waals surface area contributed by atoms with Crippen LogP contribution in [0, 0.1) is 40.9 Å². The summed E-state index contributed by atoms with van der Waals surface area (Å²) in [6.45, 7) is 4.69. The Hall–Kier alpha value is -1.07. The molecule has 0 radical (unpaired) electrons. The molecule has 1 N–H and O–H groups in total. The summed E-state index contributed by atoms with van der Waals surface area (Å²) in [5.74, 6) is 4.88. The van der Waals surface area contributed by atoms with E-state index in [2.05, 4.69) is 19.8 Å². The van der Waals surface area contributed by atoms with Crippen LogP contribution in [0.1, 0.15) is 71.6 Å². The molecule has 24 heavy (non-hydrogen) atoms. The maximum absolute atomic E-state index is 11.9. The first kappa shape index (κ1) is 16.4. The Balaban J connectivity index is 1.73. The highest BCUT2D eigenvalue weighted by Gasteiger charge is 2.66. The molecule has 0 bridgehead atoms. The standard InChI is InChI=1S/C22H30O2/c1-4-21-13-12-20(3)17-9-7-16(23)14-15(17)6-8-18(20)19(21)10-11-22(21,24)5-2/h2,14,17-19,24H,4,6-13H2,1,3H3/t17-,18-,19-,20+,21?,22-/m0/s1. The van der Waals surface area contributed by atoms with Gasteiger partial charge in [-0.15, -0.1) is 6.42 Å². The van der Waals surface area contributed by atoms with Crippen LogP contribution in [0.25, 0.3) is 0 Å². The molecule has 2 nitrogen and oxygen atoms in total. The van der Waals surface area contributed by atoms with Crippen molar-refractivity contribution in [2.75, 3.05) is 0 Å². The Labute approximate surface area is 146 Å². The van der Waals surface area contributed by atoms with E-state index >= 15 is 0 Å². The Morgan fingerprint density at radius 1 is 1.21 bits per heavy atom. The topological polar surface area (TPSA) is 37.3 Å². The molecule has 0 aromatic rings. The molecular weight excluding hydrogens is 296 g/mol. The summed E-state index contributed by atoms with van der Waals surface area (Å²) >= 11 is 0. The Morgan fingerprint density at radius 2 is 2.00 bits per heavy atom. The van der Waals surface area contributed by atoms with Crippen molar-refractivity contribution in [3.63, 3.8) is 0 Å². The zero-order valence-corrected chi connectivity index (χ0v) is 15.1. The molecule has 0 aromatic heterocycles. The lowest BCUT2D eigenvalue weighted by Gasteiger charge is -2.61. The first-order chi connectivity index (χ1) is 11.4. The van der Waals surface area contributed by atoms with Crippen molar-refractivity contribution in [3.8, 4) is 12.3 Å². The molecule has 0 heterocycles. The van der Waals surface area contributed by atoms with Gasteiger partial charge < -0.3 is 5.11 Å². The third kappa shape index (κ3) is 1.86. The van der Waals surface area contributed by atoms with Crippen molar-refractivity contribution < 1.29 is 9.90 Å². The molecule has 0 saturated heterocycles. The number of aliphatic hydroxyl groups is 1. The third-order valence-corrected chi connectivity index (χ3v) is 8.68. The summed E-state index contributed by atoms with van der Waals surface area (Å²) in [5, 5.41) is 11.2. The quantitative estimate of drug-likeness (QED) is 0.731. The molecule has 1 unspecified atom stereocenters. The minimum absolute atomic E-state index is 0.0857. The van der Waals surface area contributed by atoms with Gasteiger partial charge >= 0.3 is 0 Å². The van der Waals surface area contributed by atoms with Crippen molar-refractivity contribution in [1.82, 2.24) is 0 Å². The van der Waals surface area contributed by atoms with Crippen LogP contribution in [0.2, 0.25) is 0 Å². The summed E-state index contributed by atoms with van der Waals surface area (Å²) < 4.78 is 0. The molecule has 3 fully saturated rings. The van der Waals surface area contributed by atoms with Crippen LogP contribution < -0.4 is 0 Å². The van der Waals surface area contributed by atoms with E-state index in [9.17, 15) is 9.90 Å². The Morgan fingerprint density at radius 3 is 2.71 bits per heavy atom. The van der Waals surface area contributed by atoms with Crippen LogP contribution >= 0.6 is 0 Å². The van der Waals surface area contributed by atoms with Crippen molar-refractivity contribution in [1.29, 1.82) is 0 Å². The van der Waals surface area contributed by atoms with Gasteiger partial charge in [0, 0.05) is 11.8 Å². The van der Waals surface area contributed by atoms with Crippen molar-refractivity contribution in [2.24, 2.45) is 28.6 Å².